The summed E-state index contributed by atoms with van der Waals surface area (Å²) in [6.07, 6.45) is 0. The minimum atomic E-state index is -0.468. The van der Waals surface area contributed by atoms with E-state index in [9.17, 15) is 4.79 Å². The standard InChI is InChI=1S/C20H20N2O3/c1-12-8-9-18(24-3)16(10-12)21-15-11-17(20(23)25-4)22-19-13(2)6-5-7-14(15)19/h5-11H,1-4H3,(H,21,22). The van der Waals surface area contributed by atoms with Gasteiger partial charge < -0.3 is 14.8 Å². The first-order valence-electron chi connectivity index (χ1n) is 7.94. The Balaban J connectivity index is 2.19. The van der Waals surface area contributed by atoms with Gasteiger partial charge in [-0.3, -0.25) is 0 Å². The van der Waals surface area contributed by atoms with E-state index in [1.165, 1.54) is 7.11 Å². The zero-order valence-electron chi connectivity index (χ0n) is 14.7. The fourth-order valence-electron chi connectivity index (χ4n) is 2.77. The van der Waals surface area contributed by atoms with Crippen molar-refractivity contribution in [3.05, 3.63) is 59.3 Å². The molecule has 0 saturated carbocycles. The van der Waals surface area contributed by atoms with E-state index in [1.807, 2.05) is 50.2 Å². The van der Waals surface area contributed by atoms with E-state index in [4.69, 9.17) is 9.47 Å². The topological polar surface area (TPSA) is 60.5 Å². The van der Waals surface area contributed by atoms with E-state index in [1.54, 1.807) is 13.2 Å². The molecule has 1 heterocycles. The Morgan fingerprint density at radius 3 is 2.56 bits per heavy atom. The van der Waals surface area contributed by atoms with Gasteiger partial charge in [0.1, 0.15) is 5.75 Å². The first kappa shape index (κ1) is 16.8. The Kier molecular flexibility index (Phi) is 4.57. The van der Waals surface area contributed by atoms with Crippen LogP contribution in [0.1, 0.15) is 21.6 Å². The third kappa shape index (κ3) is 3.26. The van der Waals surface area contributed by atoms with Gasteiger partial charge in [0.05, 0.1) is 31.1 Å². The lowest BCUT2D eigenvalue weighted by Crippen LogP contribution is -2.06. The lowest BCUT2D eigenvalue weighted by atomic mass is 10.1. The van der Waals surface area contributed by atoms with Gasteiger partial charge in [0, 0.05) is 5.39 Å². The normalized spacial score (nSPS) is 10.6. The molecule has 0 aliphatic carbocycles. The van der Waals surface area contributed by atoms with Crippen LogP contribution in [0.15, 0.2) is 42.5 Å². The first-order chi connectivity index (χ1) is 12.0. The van der Waals surface area contributed by atoms with Gasteiger partial charge in [-0.05, 0) is 43.2 Å². The van der Waals surface area contributed by atoms with E-state index < -0.39 is 5.97 Å². The van der Waals surface area contributed by atoms with Crippen LogP contribution in [-0.2, 0) is 4.74 Å². The van der Waals surface area contributed by atoms with Crippen molar-refractivity contribution in [3.63, 3.8) is 0 Å². The Morgan fingerprint density at radius 1 is 1.04 bits per heavy atom. The number of esters is 1. The van der Waals surface area contributed by atoms with E-state index in [0.717, 1.165) is 39.2 Å². The van der Waals surface area contributed by atoms with Gasteiger partial charge in [-0.25, -0.2) is 9.78 Å². The van der Waals surface area contributed by atoms with Crippen LogP contribution in [0.25, 0.3) is 10.9 Å². The molecule has 0 saturated heterocycles. The number of aromatic nitrogens is 1. The van der Waals surface area contributed by atoms with Gasteiger partial charge in [0.25, 0.3) is 0 Å². The average Bonchev–Trinajstić information content (AvgIpc) is 2.62. The molecule has 0 aliphatic heterocycles. The van der Waals surface area contributed by atoms with Crippen molar-refractivity contribution in [3.8, 4) is 5.75 Å². The van der Waals surface area contributed by atoms with E-state index in [0.29, 0.717) is 0 Å². The number of fused-ring (bicyclic) bond motifs is 1. The van der Waals surface area contributed by atoms with Gasteiger partial charge in [0.2, 0.25) is 0 Å². The Hall–Kier alpha value is -3.08. The van der Waals surface area contributed by atoms with E-state index >= 15 is 0 Å². The highest BCUT2D eigenvalue weighted by Gasteiger charge is 2.15. The minimum absolute atomic E-state index is 0.262. The number of carbonyl (C=O) groups is 1. The molecular formula is C20H20N2O3. The number of nitrogens with one attached hydrogen (secondary N) is 1. The smallest absolute Gasteiger partial charge is 0.356 e. The highest BCUT2D eigenvalue weighted by molar-refractivity contribution is 6.00. The molecule has 3 aromatic rings. The summed E-state index contributed by atoms with van der Waals surface area (Å²) in [6.45, 7) is 3.98. The number of pyridine rings is 1. The predicted molar refractivity (Wildman–Crippen MR) is 98.8 cm³/mol. The zero-order valence-corrected chi connectivity index (χ0v) is 14.7. The van der Waals surface area contributed by atoms with Gasteiger partial charge in [0.15, 0.2) is 5.69 Å². The summed E-state index contributed by atoms with van der Waals surface area (Å²) in [5, 5.41) is 4.31. The second-order valence-corrected chi connectivity index (χ2v) is 5.85. The number of nitrogens with zero attached hydrogens (tertiary/aromatic N) is 1. The molecule has 25 heavy (non-hydrogen) atoms. The molecule has 3 rings (SSSR count). The molecule has 5 heteroatoms. The Labute approximate surface area is 146 Å². The van der Waals surface area contributed by atoms with Gasteiger partial charge in [-0.2, -0.15) is 0 Å². The lowest BCUT2D eigenvalue weighted by molar-refractivity contribution is 0.0594. The maximum atomic E-state index is 12.0. The highest BCUT2D eigenvalue weighted by Crippen LogP contribution is 2.33. The molecule has 0 aliphatic rings. The summed E-state index contributed by atoms with van der Waals surface area (Å²) >= 11 is 0. The Bertz CT molecular complexity index is 951. The summed E-state index contributed by atoms with van der Waals surface area (Å²) in [4.78, 5) is 16.5. The van der Waals surface area contributed by atoms with Crippen LogP contribution >= 0.6 is 0 Å². The number of rotatable bonds is 4. The summed E-state index contributed by atoms with van der Waals surface area (Å²) in [7, 11) is 2.98. The van der Waals surface area contributed by atoms with Crippen molar-refractivity contribution in [1.82, 2.24) is 4.98 Å². The molecule has 5 nitrogen and oxygen atoms in total. The van der Waals surface area contributed by atoms with E-state index in [2.05, 4.69) is 10.3 Å². The molecule has 0 atom stereocenters. The average molecular weight is 336 g/mol. The number of aryl methyl sites for hydroxylation is 2. The molecule has 0 spiro atoms. The predicted octanol–water partition coefficient (Wildman–Crippen LogP) is 4.39. The number of para-hydroxylation sites is 1. The van der Waals surface area contributed by atoms with Crippen LogP contribution in [0.5, 0.6) is 5.75 Å². The molecule has 0 radical (unpaired) electrons. The second kappa shape index (κ2) is 6.81. The fraction of sp³-hybridized carbons (Fsp3) is 0.200. The van der Waals surface area contributed by atoms with Crippen LogP contribution in [0, 0.1) is 13.8 Å². The third-order valence-corrected chi connectivity index (χ3v) is 4.06. The van der Waals surface area contributed by atoms with Crippen molar-refractivity contribution < 1.29 is 14.3 Å². The molecule has 128 valence electrons. The zero-order chi connectivity index (χ0) is 18.0. The van der Waals surface area contributed by atoms with Crippen LogP contribution in [0.2, 0.25) is 0 Å². The number of benzene rings is 2. The third-order valence-electron chi connectivity index (χ3n) is 4.06. The van der Waals surface area contributed by atoms with E-state index in [-0.39, 0.29) is 5.69 Å². The summed E-state index contributed by atoms with van der Waals surface area (Å²) in [5.41, 5.74) is 4.72. The molecule has 1 N–H and O–H groups in total. The van der Waals surface area contributed by atoms with Crippen molar-refractivity contribution >= 4 is 28.2 Å². The molecule has 0 fully saturated rings. The molecule has 0 unspecified atom stereocenters. The second-order valence-electron chi connectivity index (χ2n) is 5.85. The fourth-order valence-corrected chi connectivity index (χ4v) is 2.77. The lowest BCUT2D eigenvalue weighted by Gasteiger charge is -2.15. The number of carbonyl (C=O) groups excluding carboxylic acids is 1. The van der Waals surface area contributed by atoms with Crippen molar-refractivity contribution in [2.45, 2.75) is 13.8 Å². The highest BCUT2D eigenvalue weighted by atomic mass is 16.5. The monoisotopic (exact) mass is 336 g/mol. The summed E-state index contributed by atoms with van der Waals surface area (Å²) < 4.78 is 10.3. The number of methoxy groups -OCH3 is 2. The molecule has 2 aromatic carbocycles. The van der Waals surface area contributed by atoms with Crippen molar-refractivity contribution in [2.24, 2.45) is 0 Å². The SMILES string of the molecule is COC(=O)c1cc(Nc2cc(C)ccc2OC)c2cccc(C)c2n1. The summed E-state index contributed by atoms with van der Waals surface area (Å²) in [6, 6.07) is 13.5. The van der Waals surface area contributed by atoms with Gasteiger partial charge >= 0.3 is 5.97 Å². The number of anilines is 2. The quantitative estimate of drug-likeness (QED) is 0.716. The largest absolute Gasteiger partial charge is 0.495 e. The molecular weight excluding hydrogens is 316 g/mol. The van der Waals surface area contributed by atoms with Crippen LogP contribution < -0.4 is 10.1 Å². The first-order valence-corrected chi connectivity index (χ1v) is 7.94. The number of ether oxygens (including phenoxy) is 2. The minimum Gasteiger partial charge on any atom is -0.495 e. The molecule has 1 aromatic heterocycles. The van der Waals surface area contributed by atoms with Crippen LogP contribution in [0.3, 0.4) is 0 Å². The molecule has 0 bridgehead atoms. The maximum Gasteiger partial charge on any atom is 0.356 e. The number of hydrogen-bond donors (Lipinski definition) is 1. The summed E-state index contributed by atoms with van der Waals surface area (Å²) in [5.74, 6) is 0.257. The van der Waals surface area contributed by atoms with Crippen LogP contribution in [0.4, 0.5) is 11.4 Å². The van der Waals surface area contributed by atoms with Crippen LogP contribution in [-0.4, -0.2) is 25.2 Å². The van der Waals surface area contributed by atoms with Crippen molar-refractivity contribution in [2.75, 3.05) is 19.5 Å². The number of hydrogen-bond acceptors (Lipinski definition) is 5. The van der Waals surface area contributed by atoms with Gasteiger partial charge in [-0.1, -0.05) is 24.3 Å². The van der Waals surface area contributed by atoms with Crippen molar-refractivity contribution in [1.29, 1.82) is 0 Å². The molecule has 0 amide bonds. The Morgan fingerprint density at radius 2 is 1.84 bits per heavy atom. The van der Waals surface area contributed by atoms with Gasteiger partial charge in [-0.15, -0.1) is 0 Å². The maximum absolute atomic E-state index is 12.0.